The highest BCUT2D eigenvalue weighted by Gasteiger charge is 2.09. The van der Waals surface area contributed by atoms with Gasteiger partial charge in [-0.05, 0) is 69.3 Å². The number of hydrogen-bond acceptors (Lipinski definition) is 4. The maximum absolute atomic E-state index is 12.3. The van der Waals surface area contributed by atoms with Crippen LogP contribution in [0.3, 0.4) is 0 Å². The Labute approximate surface area is 182 Å². The van der Waals surface area contributed by atoms with E-state index in [1.165, 1.54) is 0 Å². The van der Waals surface area contributed by atoms with Gasteiger partial charge in [-0.3, -0.25) is 9.59 Å². The molecule has 0 aromatic heterocycles. The van der Waals surface area contributed by atoms with Crippen LogP contribution in [-0.2, 0) is 4.79 Å². The van der Waals surface area contributed by atoms with Crippen LogP contribution in [0.2, 0.25) is 0 Å². The molecule has 0 aliphatic carbocycles. The minimum atomic E-state index is -0.184. The molecule has 3 aromatic carbocycles. The molecule has 6 nitrogen and oxygen atoms in total. The van der Waals surface area contributed by atoms with E-state index < -0.39 is 0 Å². The quantitative estimate of drug-likeness (QED) is 0.477. The molecule has 0 saturated heterocycles. The first-order valence-corrected chi connectivity index (χ1v) is 10.2. The Kier molecular flexibility index (Phi) is 7.27. The number of ether oxygens (including phenoxy) is 1. The number of benzene rings is 3. The number of anilines is 3. The Hall–Kier alpha value is -3.80. The standard InChI is InChI=1S/C25H27N3O3/c1-17(2)31-23-10-5-4-9-22(23)28-24(29)16-26-20-11-13-21(14-12-20)27-25(30)19-8-6-7-18(3)15-19/h4-15,17,26H,16H2,1-3H3,(H,27,30)(H,28,29). The second kappa shape index (κ2) is 10.3. The molecule has 0 atom stereocenters. The van der Waals surface area contributed by atoms with Crippen LogP contribution in [0, 0.1) is 6.92 Å². The van der Waals surface area contributed by atoms with Crippen LogP contribution in [0.25, 0.3) is 0 Å². The van der Waals surface area contributed by atoms with E-state index in [1.54, 1.807) is 24.3 Å². The highest BCUT2D eigenvalue weighted by atomic mass is 16.5. The molecular weight excluding hydrogens is 390 g/mol. The number of nitrogens with one attached hydrogen (secondary N) is 3. The molecule has 0 saturated carbocycles. The summed E-state index contributed by atoms with van der Waals surface area (Å²) in [5, 5.41) is 8.81. The summed E-state index contributed by atoms with van der Waals surface area (Å²) in [6.07, 6.45) is 0.0149. The first-order chi connectivity index (χ1) is 14.9. The molecule has 0 fully saturated rings. The van der Waals surface area contributed by atoms with Crippen molar-refractivity contribution in [2.45, 2.75) is 26.9 Å². The number of hydrogen-bond donors (Lipinski definition) is 3. The molecule has 2 amide bonds. The summed E-state index contributed by atoms with van der Waals surface area (Å²) in [5.41, 5.74) is 3.73. The number of para-hydroxylation sites is 2. The first-order valence-electron chi connectivity index (χ1n) is 10.2. The van der Waals surface area contributed by atoms with Gasteiger partial charge in [-0.2, -0.15) is 0 Å². The Morgan fingerprint density at radius 1 is 0.871 bits per heavy atom. The fourth-order valence-corrected chi connectivity index (χ4v) is 2.96. The van der Waals surface area contributed by atoms with E-state index in [4.69, 9.17) is 4.74 Å². The molecule has 0 radical (unpaired) electrons. The molecule has 160 valence electrons. The maximum Gasteiger partial charge on any atom is 0.255 e. The van der Waals surface area contributed by atoms with Crippen LogP contribution in [0.4, 0.5) is 17.1 Å². The number of carbonyl (C=O) groups excluding carboxylic acids is 2. The second-order valence-corrected chi connectivity index (χ2v) is 7.47. The minimum Gasteiger partial charge on any atom is -0.489 e. The maximum atomic E-state index is 12.3. The van der Waals surface area contributed by atoms with Crippen molar-refractivity contribution in [3.8, 4) is 5.75 Å². The summed E-state index contributed by atoms with van der Waals surface area (Å²) < 4.78 is 5.72. The molecule has 0 aliphatic rings. The lowest BCUT2D eigenvalue weighted by molar-refractivity contribution is -0.114. The summed E-state index contributed by atoms with van der Waals surface area (Å²) >= 11 is 0. The van der Waals surface area contributed by atoms with E-state index in [1.807, 2.05) is 69.3 Å². The summed E-state index contributed by atoms with van der Waals surface area (Å²) in [4.78, 5) is 24.7. The molecule has 0 aliphatic heterocycles. The molecule has 3 aromatic rings. The van der Waals surface area contributed by atoms with E-state index in [9.17, 15) is 9.59 Å². The molecule has 3 rings (SSSR count). The number of rotatable bonds is 8. The molecule has 0 heterocycles. The van der Waals surface area contributed by atoms with Crippen LogP contribution in [0.1, 0.15) is 29.8 Å². The van der Waals surface area contributed by atoms with Crippen molar-refractivity contribution in [3.63, 3.8) is 0 Å². The Bertz CT molecular complexity index is 1050. The Morgan fingerprint density at radius 3 is 2.29 bits per heavy atom. The van der Waals surface area contributed by atoms with Gasteiger partial charge in [0.15, 0.2) is 0 Å². The molecular formula is C25H27N3O3. The van der Waals surface area contributed by atoms with Gasteiger partial charge < -0.3 is 20.7 Å². The van der Waals surface area contributed by atoms with Gasteiger partial charge in [-0.25, -0.2) is 0 Å². The predicted molar refractivity (Wildman–Crippen MR) is 125 cm³/mol. The molecule has 0 spiro atoms. The number of carbonyl (C=O) groups is 2. The van der Waals surface area contributed by atoms with E-state index >= 15 is 0 Å². The third-order valence-corrected chi connectivity index (χ3v) is 4.40. The monoisotopic (exact) mass is 417 g/mol. The lowest BCUT2D eigenvalue weighted by atomic mass is 10.1. The van der Waals surface area contributed by atoms with Crippen molar-refractivity contribution in [2.24, 2.45) is 0 Å². The highest BCUT2D eigenvalue weighted by molar-refractivity contribution is 6.04. The summed E-state index contributed by atoms with van der Waals surface area (Å²) in [6.45, 7) is 5.93. The summed E-state index contributed by atoms with van der Waals surface area (Å²) in [6, 6.07) is 22.0. The van der Waals surface area contributed by atoms with Gasteiger partial charge in [0.25, 0.3) is 5.91 Å². The van der Waals surface area contributed by atoms with E-state index in [2.05, 4.69) is 16.0 Å². The third-order valence-electron chi connectivity index (χ3n) is 4.40. The number of aryl methyl sites for hydroxylation is 1. The predicted octanol–water partition coefficient (Wildman–Crippen LogP) is 5.09. The minimum absolute atomic E-state index is 0.0149. The SMILES string of the molecule is Cc1cccc(C(=O)Nc2ccc(NCC(=O)Nc3ccccc3OC(C)C)cc2)c1. The topological polar surface area (TPSA) is 79.5 Å². The fourth-order valence-electron chi connectivity index (χ4n) is 2.96. The first kappa shape index (κ1) is 21.9. The normalized spacial score (nSPS) is 10.5. The average Bonchev–Trinajstić information content (AvgIpc) is 2.74. The van der Waals surface area contributed by atoms with E-state index in [0.29, 0.717) is 22.7 Å². The zero-order valence-corrected chi connectivity index (χ0v) is 17.9. The van der Waals surface area contributed by atoms with Gasteiger partial charge in [0, 0.05) is 16.9 Å². The van der Waals surface area contributed by atoms with Gasteiger partial charge >= 0.3 is 0 Å². The molecule has 6 heteroatoms. The van der Waals surface area contributed by atoms with Crippen LogP contribution >= 0.6 is 0 Å². The van der Waals surface area contributed by atoms with Crippen LogP contribution in [-0.4, -0.2) is 24.5 Å². The number of amides is 2. The smallest absolute Gasteiger partial charge is 0.255 e. The molecule has 0 unspecified atom stereocenters. The zero-order chi connectivity index (χ0) is 22.2. The zero-order valence-electron chi connectivity index (χ0n) is 17.9. The Balaban J connectivity index is 1.52. The van der Waals surface area contributed by atoms with Crippen molar-refractivity contribution in [2.75, 3.05) is 22.5 Å². The average molecular weight is 418 g/mol. The lowest BCUT2D eigenvalue weighted by Gasteiger charge is -2.15. The summed E-state index contributed by atoms with van der Waals surface area (Å²) in [5.74, 6) is 0.294. The van der Waals surface area contributed by atoms with Crippen molar-refractivity contribution in [1.82, 2.24) is 0 Å². The van der Waals surface area contributed by atoms with Gasteiger partial charge in [0.2, 0.25) is 5.91 Å². The molecule has 0 bridgehead atoms. The lowest BCUT2D eigenvalue weighted by Crippen LogP contribution is -2.22. The fraction of sp³-hybridized carbons (Fsp3) is 0.200. The van der Waals surface area contributed by atoms with Crippen molar-refractivity contribution < 1.29 is 14.3 Å². The summed E-state index contributed by atoms with van der Waals surface area (Å²) in [7, 11) is 0. The van der Waals surface area contributed by atoms with E-state index in [0.717, 1.165) is 11.3 Å². The van der Waals surface area contributed by atoms with Crippen LogP contribution in [0.5, 0.6) is 5.75 Å². The second-order valence-electron chi connectivity index (χ2n) is 7.47. The molecule has 31 heavy (non-hydrogen) atoms. The highest BCUT2D eigenvalue weighted by Crippen LogP contribution is 2.24. The van der Waals surface area contributed by atoms with E-state index in [-0.39, 0.29) is 24.5 Å². The van der Waals surface area contributed by atoms with Crippen LogP contribution in [0.15, 0.2) is 72.8 Å². The third kappa shape index (κ3) is 6.60. The van der Waals surface area contributed by atoms with Gasteiger partial charge in [-0.15, -0.1) is 0 Å². The Morgan fingerprint density at radius 2 is 1.58 bits per heavy atom. The van der Waals surface area contributed by atoms with Crippen molar-refractivity contribution >= 4 is 28.9 Å². The van der Waals surface area contributed by atoms with Crippen molar-refractivity contribution in [3.05, 3.63) is 83.9 Å². The largest absolute Gasteiger partial charge is 0.489 e. The van der Waals surface area contributed by atoms with Crippen molar-refractivity contribution in [1.29, 1.82) is 0 Å². The van der Waals surface area contributed by atoms with Crippen LogP contribution < -0.4 is 20.7 Å². The van der Waals surface area contributed by atoms with Gasteiger partial charge in [0.05, 0.1) is 18.3 Å². The molecule has 3 N–H and O–H groups in total. The van der Waals surface area contributed by atoms with Gasteiger partial charge in [0.1, 0.15) is 5.75 Å². The van der Waals surface area contributed by atoms with Gasteiger partial charge in [-0.1, -0.05) is 29.8 Å².